The summed E-state index contributed by atoms with van der Waals surface area (Å²) in [6, 6.07) is 13.1. The number of anilines is 1. The summed E-state index contributed by atoms with van der Waals surface area (Å²) < 4.78 is 5.03. The molecule has 2 aromatic carbocycles. The minimum atomic E-state index is -0.573. The van der Waals surface area contributed by atoms with Crippen molar-refractivity contribution in [2.75, 3.05) is 18.5 Å². The zero-order valence-electron chi connectivity index (χ0n) is 17.8. The first kappa shape index (κ1) is 22.0. The van der Waals surface area contributed by atoms with E-state index >= 15 is 0 Å². The van der Waals surface area contributed by atoms with Gasteiger partial charge in [0, 0.05) is 17.6 Å². The van der Waals surface area contributed by atoms with E-state index < -0.39 is 11.9 Å². The smallest absolute Gasteiger partial charge is 0.308 e. The highest BCUT2D eigenvalue weighted by molar-refractivity contribution is 6.04. The van der Waals surface area contributed by atoms with Crippen molar-refractivity contribution >= 4 is 34.4 Å². The van der Waals surface area contributed by atoms with Crippen LogP contribution in [0.4, 0.5) is 5.69 Å². The van der Waals surface area contributed by atoms with Gasteiger partial charge in [0.1, 0.15) is 0 Å². The number of nitrogens with zero attached hydrogens (tertiary/aromatic N) is 1. The molecule has 0 aliphatic heterocycles. The predicted octanol–water partition coefficient (Wildman–Crippen LogP) is 3.30. The molecule has 0 fully saturated rings. The van der Waals surface area contributed by atoms with E-state index in [0.29, 0.717) is 5.39 Å². The Morgan fingerprint density at radius 3 is 2.65 bits per heavy atom. The molecule has 3 rings (SSSR count). The summed E-state index contributed by atoms with van der Waals surface area (Å²) in [7, 11) is 0. The second-order valence-electron chi connectivity index (χ2n) is 7.53. The van der Waals surface area contributed by atoms with E-state index in [-0.39, 0.29) is 37.1 Å². The Bertz CT molecular complexity index is 1100. The third-order valence-electron chi connectivity index (χ3n) is 4.86. The number of aromatic nitrogens is 2. The Morgan fingerprint density at radius 1 is 1.10 bits per heavy atom. The SMILES string of the molecule is Cc1cccc(C(C)C)c1NC(=O)COC(=O)CCNC(=O)c1n[nH]c2ccccc12. The largest absolute Gasteiger partial charge is 0.456 e. The van der Waals surface area contributed by atoms with Crippen molar-refractivity contribution in [3.05, 3.63) is 59.3 Å². The Labute approximate surface area is 180 Å². The summed E-state index contributed by atoms with van der Waals surface area (Å²) in [5.41, 5.74) is 3.74. The number of rotatable bonds is 8. The lowest BCUT2D eigenvalue weighted by molar-refractivity contribution is -0.147. The fourth-order valence-corrected chi connectivity index (χ4v) is 3.23. The molecule has 162 valence electrons. The molecule has 0 aliphatic carbocycles. The van der Waals surface area contributed by atoms with Crippen molar-refractivity contribution in [2.45, 2.75) is 33.1 Å². The first-order valence-electron chi connectivity index (χ1n) is 10.1. The van der Waals surface area contributed by atoms with Crippen LogP contribution in [0.2, 0.25) is 0 Å². The number of amides is 2. The number of ether oxygens (including phenoxy) is 1. The number of hydrogen-bond donors (Lipinski definition) is 3. The minimum Gasteiger partial charge on any atom is -0.456 e. The minimum absolute atomic E-state index is 0.0526. The number of hydrogen-bond acceptors (Lipinski definition) is 5. The van der Waals surface area contributed by atoms with Crippen LogP contribution >= 0.6 is 0 Å². The highest BCUT2D eigenvalue weighted by Gasteiger charge is 2.16. The second kappa shape index (κ2) is 9.88. The van der Waals surface area contributed by atoms with Gasteiger partial charge in [-0.05, 0) is 30.0 Å². The lowest BCUT2D eigenvalue weighted by Crippen LogP contribution is -2.28. The van der Waals surface area contributed by atoms with E-state index in [4.69, 9.17) is 4.74 Å². The number of fused-ring (bicyclic) bond motifs is 1. The van der Waals surface area contributed by atoms with Crippen molar-refractivity contribution < 1.29 is 19.1 Å². The number of carbonyl (C=O) groups is 3. The molecule has 2 amide bonds. The van der Waals surface area contributed by atoms with Crippen molar-refractivity contribution in [3.63, 3.8) is 0 Å². The lowest BCUT2D eigenvalue weighted by atomic mass is 9.98. The summed E-state index contributed by atoms with van der Waals surface area (Å²) in [6.45, 7) is 5.70. The number of benzene rings is 2. The number of para-hydroxylation sites is 2. The number of esters is 1. The zero-order valence-corrected chi connectivity index (χ0v) is 17.8. The van der Waals surface area contributed by atoms with Gasteiger partial charge in [0.25, 0.3) is 11.8 Å². The van der Waals surface area contributed by atoms with Crippen molar-refractivity contribution in [3.8, 4) is 0 Å². The van der Waals surface area contributed by atoms with Gasteiger partial charge in [-0.1, -0.05) is 50.2 Å². The number of nitrogens with one attached hydrogen (secondary N) is 3. The normalized spacial score (nSPS) is 10.8. The van der Waals surface area contributed by atoms with Crippen LogP contribution in [-0.2, 0) is 14.3 Å². The third-order valence-corrected chi connectivity index (χ3v) is 4.86. The Kier molecular flexibility index (Phi) is 7.02. The Morgan fingerprint density at radius 2 is 1.87 bits per heavy atom. The van der Waals surface area contributed by atoms with Crippen LogP contribution in [0.1, 0.15) is 47.8 Å². The molecule has 0 spiro atoms. The Balaban J connectivity index is 1.44. The fourth-order valence-electron chi connectivity index (χ4n) is 3.23. The fraction of sp³-hybridized carbons (Fsp3) is 0.304. The molecule has 0 unspecified atom stereocenters. The molecule has 1 heterocycles. The zero-order chi connectivity index (χ0) is 22.4. The third kappa shape index (κ3) is 5.48. The molecular weight excluding hydrogens is 396 g/mol. The van der Waals surface area contributed by atoms with Gasteiger partial charge in [-0.15, -0.1) is 0 Å². The van der Waals surface area contributed by atoms with Crippen LogP contribution in [0.25, 0.3) is 10.9 Å². The number of carbonyl (C=O) groups excluding carboxylic acids is 3. The van der Waals surface area contributed by atoms with Gasteiger partial charge in [-0.3, -0.25) is 19.5 Å². The monoisotopic (exact) mass is 422 g/mol. The van der Waals surface area contributed by atoms with Crippen molar-refractivity contribution in [1.82, 2.24) is 15.5 Å². The molecule has 0 bridgehead atoms. The number of H-pyrrole nitrogens is 1. The standard InChI is InChI=1S/C23H26N4O4/c1-14(2)16-9-6-7-15(3)21(16)25-19(28)13-31-20(29)11-12-24-23(30)22-17-8-4-5-10-18(17)26-27-22/h4-10,14H,11-13H2,1-3H3,(H,24,30)(H,25,28)(H,26,27). The van der Waals surface area contributed by atoms with Gasteiger partial charge in [-0.25, -0.2) is 0 Å². The molecule has 3 aromatic rings. The van der Waals surface area contributed by atoms with E-state index in [0.717, 1.165) is 22.3 Å². The number of aromatic amines is 1. The van der Waals surface area contributed by atoms with E-state index in [2.05, 4.69) is 20.8 Å². The first-order valence-corrected chi connectivity index (χ1v) is 10.1. The quantitative estimate of drug-likeness (QED) is 0.482. The predicted molar refractivity (Wildman–Crippen MR) is 118 cm³/mol. The molecule has 31 heavy (non-hydrogen) atoms. The lowest BCUT2D eigenvalue weighted by Gasteiger charge is -2.16. The maximum absolute atomic E-state index is 12.3. The molecular formula is C23H26N4O4. The van der Waals surface area contributed by atoms with Crippen LogP contribution in [0.5, 0.6) is 0 Å². The summed E-state index contributed by atoms with van der Waals surface area (Å²) in [6.07, 6.45) is -0.0526. The van der Waals surface area contributed by atoms with Gasteiger partial charge < -0.3 is 15.4 Å². The molecule has 0 atom stereocenters. The molecule has 0 saturated heterocycles. The van der Waals surface area contributed by atoms with Gasteiger partial charge in [-0.2, -0.15) is 5.10 Å². The molecule has 0 radical (unpaired) electrons. The molecule has 0 saturated carbocycles. The highest BCUT2D eigenvalue weighted by Crippen LogP contribution is 2.27. The molecule has 0 aliphatic rings. The average molecular weight is 422 g/mol. The summed E-state index contributed by atoms with van der Waals surface area (Å²) >= 11 is 0. The van der Waals surface area contributed by atoms with Crippen LogP contribution in [0.15, 0.2) is 42.5 Å². The molecule has 3 N–H and O–H groups in total. The van der Waals surface area contributed by atoms with Gasteiger partial charge in [0.15, 0.2) is 12.3 Å². The maximum atomic E-state index is 12.3. The Hall–Kier alpha value is -3.68. The van der Waals surface area contributed by atoms with E-state index in [1.165, 1.54) is 0 Å². The van der Waals surface area contributed by atoms with E-state index in [1.54, 1.807) is 6.07 Å². The maximum Gasteiger partial charge on any atom is 0.308 e. The highest BCUT2D eigenvalue weighted by atomic mass is 16.5. The van der Waals surface area contributed by atoms with Crippen LogP contribution < -0.4 is 10.6 Å². The summed E-state index contributed by atoms with van der Waals surface area (Å²) in [5, 5.41) is 13.0. The van der Waals surface area contributed by atoms with Crippen LogP contribution in [0, 0.1) is 6.92 Å². The first-order chi connectivity index (χ1) is 14.9. The van der Waals surface area contributed by atoms with Gasteiger partial charge in [0.2, 0.25) is 0 Å². The van der Waals surface area contributed by atoms with Crippen LogP contribution in [-0.4, -0.2) is 41.1 Å². The van der Waals surface area contributed by atoms with E-state index in [9.17, 15) is 14.4 Å². The molecule has 8 nitrogen and oxygen atoms in total. The molecule has 1 aromatic heterocycles. The number of aryl methyl sites for hydroxylation is 1. The van der Waals surface area contributed by atoms with Crippen LogP contribution in [0.3, 0.4) is 0 Å². The van der Waals surface area contributed by atoms with Gasteiger partial charge in [0.05, 0.1) is 11.9 Å². The van der Waals surface area contributed by atoms with Gasteiger partial charge >= 0.3 is 5.97 Å². The van der Waals surface area contributed by atoms with Crippen molar-refractivity contribution in [2.24, 2.45) is 0 Å². The van der Waals surface area contributed by atoms with E-state index in [1.807, 2.05) is 57.2 Å². The van der Waals surface area contributed by atoms with Crippen molar-refractivity contribution in [1.29, 1.82) is 0 Å². The summed E-state index contributed by atoms with van der Waals surface area (Å²) in [5.74, 6) is -1.12. The molecule has 8 heteroatoms. The average Bonchev–Trinajstić information content (AvgIpc) is 3.18. The topological polar surface area (TPSA) is 113 Å². The summed E-state index contributed by atoms with van der Waals surface area (Å²) in [4.78, 5) is 36.5. The second-order valence-corrected chi connectivity index (χ2v) is 7.53.